The van der Waals surface area contributed by atoms with Gasteiger partial charge in [0.2, 0.25) is 0 Å². The van der Waals surface area contributed by atoms with Gasteiger partial charge >= 0.3 is 0 Å². The first-order valence-corrected chi connectivity index (χ1v) is 9.72. The van der Waals surface area contributed by atoms with Crippen molar-refractivity contribution in [2.24, 2.45) is 5.92 Å². The van der Waals surface area contributed by atoms with E-state index in [2.05, 4.69) is 13.0 Å². The Balaban J connectivity index is 1.87. The maximum Gasteiger partial charge on any atom is 0.168 e. The van der Waals surface area contributed by atoms with Crippen molar-refractivity contribution in [2.75, 3.05) is 0 Å². The van der Waals surface area contributed by atoms with Crippen LogP contribution in [0.5, 0.6) is 0 Å². The van der Waals surface area contributed by atoms with Gasteiger partial charge in [0.25, 0.3) is 0 Å². The molecule has 3 heteroatoms. The minimum absolute atomic E-state index is 0.339. The van der Waals surface area contributed by atoms with Crippen molar-refractivity contribution in [1.82, 2.24) is 0 Å². The summed E-state index contributed by atoms with van der Waals surface area (Å²) in [5.41, 5.74) is 2.82. The van der Waals surface area contributed by atoms with E-state index in [0.29, 0.717) is 11.1 Å². The van der Waals surface area contributed by atoms with Crippen LogP contribution in [0, 0.1) is 24.5 Å². The lowest BCUT2D eigenvalue weighted by Gasteiger charge is -2.08. The fraction of sp³-hybridized carbons (Fsp3) is 0.364. The molecule has 1 aromatic heterocycles. The van der Waals surface area contributed by atoms with Gasteiger partial charge in [0.15, 0.2) is 11.6 Å². The predicted octanol–water partition coefficient (Wildman–Crippen LogP) is 7.54. The van der Waals surface area contributed by atoms with E-state index in [1.165, 1.54) is 29.8 Å². The Kier molecular flexibility index (Phi) is 5.53. The van der Waals surface area contributed by atoms with E-state index in [1.54, 1.807) is 12.1 Å². The van der Waals surface area contributed by atoms with Crippen LogP contribution in [0.1, 0.15) is 50.0 Å². The number of hydrogen-bond acceptors (Lipinski definition) is 1. The Hall–Kier alpha value is -1.74. The highest BCUT2D eigenvalue weighted by Gasteiger charge is 2.21. The van der Waals surface area contributed by atoms with Crippen LogP contribution in [0.3, 0.4) is 0 Å². The number of rotatable bonds is 6. The summed E-state index contributed by atoms with van der Waals surface area (Å²) >= 11 is 1.48. The van der Waals surface area contributed by atoms with E-state index in [-0.39, 0.29) is 0 Å². The topological polar surface area (TPSA) is 0 Å². The van der Waals surface area contributed by atoms with Crippen LogP contribution < -0.4 is 0 Å². The number of benzene rings is 1. The first-order chi connectivity index (χ1) is 12.0. The van der Waals surface area contributed by atoms with Gasteiger partial charge in [0.05, 0.1) is 0 Å². The maximum absolute atomic E-state index is 14.6. The quantitative estimate of drug-likeness (QED) is 0.468. The fourth-order valence-electron chi connectivity index (χ4n) is 2.98. The molecule has 0 atom stereocenters. The van der Waals surface area contributed by atoms with E-state index in [1.807, 2.05) is 32.1 Å². The van der Waals surface area contributed by atoms with Crippen LogP contribution in [0.25, 0.3) is 16.0 Å². The molecule has 132 valence electrons. The molecule has 0 N–H and O–H groups in total. The highest BCUT2D eigenvalue weighted by molar-refractivity contribution is 7.15. The van der Waals surface area contributed by atoms with Gasteiger partial charge in [-0.15, -0.1) is 11.3 Å². The van der Waals surface area contributed by atoms with Gasteiger partial charge in [0.1, 0.15) is 0 Å². The molecule has 3 rings (SSSR count). The number of aryl methyl sites for hydroxylation is 1. The van der Waals surface area contributed by atoms with E-state index in [9.17, 15) is 8.78 Å². The van der Waals surface area contributed by atoms with Crippen molar-refractivity contribution in [3.05, 3.63) is 64.1 Å². The molecule has 1 aromatic carbocycles. The first-order valence-electron chi connectivity index (χ1n) is 8.91. The van der Waals surface area contributed by atoms with E-state index in [4.69, 9.17) is 0 Å². The predicted molar refractivity (Wildman–Crippen MR) is 104 cm³/mol. The Morgan fingerprint density at radius 1 is 1.12 bits per heavy atom. The smallest absolute Gasteiger partial charge is 0.168 e. The normalized spacial score (nSPS) is 15.7. The summed E-state index contributed by atoms with van der Waals surface area (Å²) in [5.74, 6) is -0.682. The minimum Gasteiger partial charge on any atom is -0.203 e. The molecular weight excluding hydrogens is 334 g/mol. The number of halogens is 2. The van der Waals surface area contributed by atoms with Gasteiger partial charge in [-0.3, -0.25) is 0 Å². The molecule has 25 heavy (non-hydrogen) atoms. The molecule has 0 aliphatic heterocycles. The highest BCUT2D eigenvalue weighted by atomic mass is 32.1. The maximum atomic E-state index is 14.6. The Morgan fingerprint density at radius 2 is 1.88 bits per heavy atom. The molecule has 0 amide bonds. The summed E-state index contributed by atoms with van der Waals surface area (Å²) < 4.78 is 29.2. The van der Waals surface area contributed by atoms with Crippen LogP contribution in [0.15, 0.2) is 42.0 Å². The van der Waals surface area contributed by atoms with Crippen LogP contribution in [-0.4, -0.2) is 0 Å². The first kappa shape index (κ1) is 18.1. The standard InChI is InChI=1S/C22H24F2S/c1-4-16(13-17-8-9-17)7-5-14(2)18-10-11-19(22(24)21(18)23)20-12-6-15(3)25-20/h5-7,10-12,17H,4,8-9,13H2,1-3H3/b14-5+,16-7+. The lowest BCUT2D eigenvalue weighted by Crippen LogP contribution is -1.95. The summed E-state index contributed by atoms with van der Waals surface area (Å²) in [6.07, 6.45) is 8.80. The van der Waals surface area contributed by atoms with Crippen molar-refractivity contribution in [2.45, 2.75) is 46.5 Å². The third-order valence-electron chi connectivity index (χ3n) is 4.78. The molecule has 0 radical (unpaired) electrons. The molecule has 0 saturated heterocycles. The van der Waals surface area contributed by atoms with Crippen molar-refractivity contribution in [1.29, 1.82) is 0 Å². The Labute approximate surface area is 152 Å². The average Bonchev–Trinajstić information content (AvgIpc) is 3.32. The van der Waals surface area contributed by atoms with Crippen LogP contribution in [-0.2, 0) is 0 Å². The summed E-state index contributed by atoms with van der Waals surface area (Å²) in [5, 5.41) is 0. The molecule has 1 saturated carbocycles. The molecule has 1 aliphatic carbocycles. The zero-order chi connectivity index (χ0) is 18.0. The average molecular weight is 358 g/mol. The minimum atomic E-state index is -0.759. The zero-order valence-corrected chi connectivity index (χ0v) is 15.9. The summed E-state index contributed by atoms with van der Waals surface area (Å²) in [7, 11) is 0. The van der Waals surface area contributed by atoms with Gasteiger partial charge in [-0.25, -0.2) is 8.78 Å². The van der Waals surface area contributed by atoms with Crippen LogP contribution >= 0.6 is 11.3 Å². The summed E-state index contributed by atoms with van der Waals surface area (Å²) in [4.78, 5) is 1.85. The van der Waals surface area contributed by atoms with Crippen LogP contribution in [0.4, 0.5) is 8.78 Å². The molecule has 0 nitrogen and oxygen atoms in total. The number of thiophene rings is 1. The Bertz CT molecular complexity index is 823. The second kappa shape index (κ2) is 7.65. The molecule has 0 unspecified atom stereocenters. The molecule has 0 bridgehead atoms. The van der Waals surface area contributed by atoms with E-state index >= 15 is 0 Å². The van der Waals surface area contributed by atoms with E-state index in [0.717, 1.165) is 34.1 Å². The molecule has 1 heterocycles. The summed E-state index contributed by atoms with van der Waals surface area (Å²) in [6, 6.07) is 7.14. The SMILES string of the molecule is CC/C(=C\C=C(/C)c1ccc(-c2ccc(C)s2)c(F)c1F)CC1CC1. The monoisotopic (exact) mass is 358 g/mol. The van der Waals surface area contributed by atoms with Crippen molar-refractivity contribution in [3.8, 4) is 10.4 Å². The third-order valence-corrected chi connectivity index (χ3v) is 5.82. The van der Waals surface area contributed by atoms with Gasteiger partial charge in [-0.1, -0.05) is 30.7 Å². The molecule has 2 aromatic rings. The second-order valence-electron chi connectivity index (χ2n) is 6.87. The fourth-order valence-corrected chi connectivity index (χ4v) is 3.87. The lowest BCUT2D eigenvalue weighted by molar-refractivity contribution is 0.509. The zero-order valence-electron chi connectivity index (χ0n) is 15.0. The van der Waals surface area contributed by atoms with Gasteiger partial charge in [-0.05, 0) is 69.2 Å². The highest BCUT2D eigenvalue weighted by Crippen LogP contribution is 2.36. The lowest BCUT2D eigenvalue weighted by atomic mass is 10.0. The molecule has 0 spiro atoms. The molecule has 1 fully saturated rings. The molecular formula is C22H24F2S. The van der Waals surface area contributed by atoms with Crippen molar-refractivity contribution < 1.29 is 8.78 Å². The second-order valence-corrected chi connectivity index (χ2v) is 8.16. The van der Waals surface area contributed by atoms with Gasteiger partial charge < -0.3 is 0 Å². The van der Waals surface area contributed by atoms with Gasteiger partial charge in [-0.2, -0.15) is 0 Å². The van der Waals surface area contributed by atoms with E-state index < -0.39 is 11.6 Å². The summed E-state index contributed by atoms with van der Waals surface area (Å²) in [6.45, 7) is 5.95. The largest absolute Gasteiger partial charge is 0.203 e. The van der Waals surface area contributed by atoms with Crippen LogP contribution in [0.2, 0.25) is 0 Å². The number of allylic oxidation sites excluding steroid dienone is 4. The van der Waals surface area contributed by atoms with Crippen molar-refractivity contribution in [3.63, 3.8) is 0 Å². The Morgan fingerprint density at radius 3 is 2.48 bits per heavy atom. The number of hydrogen-bond donors (Lipinski definition) is 0. The third kappa shape index (κ3) is 4.27. The molecule has 1 aliphatic rings. The van der Waals surface area contributed by atoms with Gasteiger partial charge in [0, 0.05) is 20.9 Å². The van der Waals surface area contributed by atoms with Crippen molar-refractivity contribution >= 4 is 16.9 Å².